The maximum atomic E-state index is 14.8. The van der Waals surface area contributed by atoms with E-state index in [0.29, 0.717) is 17.2 Å². The summed E-state index contributed by atoms with van der Waals surface area (Å²) in [7, 11) is 1.53. The molecular weight excluding hydrogens is 419 g/mol. The van der Waals surface area contributed by atoms with Gasteiger partial charge in [-0.05, 0) is 85.0 Å². The van der Waals surface area contributed by atoms with Crippen molar-refractivity contribution in [2.24, 2.45) is 11.3 Å². The van der Waals surface area contributed by atoms with E-state index in [1.165, 1.54) is 13.2 Å². The largest absolute Gasteiger partial charge is 0.497 e. The van der Waals surface area contributed by atoms with Gasteiger partial charge in [0.15, 0.2) is 0 Å². The predicted molar refractivity (Wildman–Crippen MR) is 126 cm³/mol. The number of ether oxygens (including phenoxy) is 2. The van der Waals surface area contributed by atoms with Gasteiger partial charge in [0.05, 0.1) is 13.2 Å². The average molecular weight is 453 g/mol. The standard InChI is InChI=1S/C27H33FN2O3/c1-16-11-22-18(12-21(16)20-6-5-19(32-4)13-23(20)28)14-27(2,3)25(22)29-26(31)33-24-15-30-9-7-17(24)8-10-30/h5-6,11-13,17,24-25H,7-10,14-15H2,1-4H3,(H,29,31)/t24-,25-/m0/s1. The topological polar surface area (TPSA) is 50.8 Å². The molecule has 4 aliphatic rings. The molecule has 2 aromatic carbocycles. The summed E-state index contributed by atoms with van der Waals surface area (Å²) in [5.74, 6) is 0.682. The Kier molecular flexibility index (Phi) is 5.60. The van der Waals surface area contributed by atoms with Crippen molar-refractivity contribution in [1.29, 1.82) is 0 Å². The van der Waals surface area contributed by atoms with E-state index in [1.807, 2.05) is 6.92 Å². The Bertz CT molecular complexity index is 1080. The van der Waals surface area contributed by atoms with E-state index in [2.05, 4.69) is 36.2 Å². The van der Waals surface area contributed by atoms with Crippen LogP contribution >= 0.6 is 0 Å². The molecule has 0 spiro atoms. The molecule has 176 valence electrons. The molecule has 3 aliphatic heterocycles. The second-order valence-electron chi connectivity index (χ2n) is 10.5. The van der Waals surface area contributed by atoms with Gasteiger partial charge in [0.25, 0.3) is 0 Å². The quantitative estimate of drug-likeness (QED) is 0.688. The maximum Gasteiger partial charge on any atom is 0.407 e. The highest BCUT2D eigenvalue weighted by atomic mass is 19.1. The van der Waals surface area contributed by atoms with Crippen LogP contribution in [-0.2, 0) is 11.2 Å². The van der Waals surface area contributed by atoms with Crippen LogP contribution in [0.3, 0.4) is 0 Å². The fourth-order valence-corrected chi connectivity index (χ4v) is 5.95. The zero-order valence-electron chi connectivity index (χ0n) is 19.9. The number of halogens is 1. The van der Waals surface area contributed by atoms with E-state index < -0.39 is 0 Å². The number of nitrogens with one attached hydrogen (secondary N) is 1. The number of hydrogen-bond acceptors (Lipinski definition) is 4. The Morgan fingerprint density at radius 2 is 1.91 bits per heavy atom. The Hall–Kier alpha value is -2.60. The molecule has 0 radical (unpaired) electrons. The lowest BCUT2D eigenvalue weighted by Crippen LogP contribution is -2.53. The molecule has 33 heavy (non-hydrogen) atoms. The minimum atomic E-state index is -0.331. The van der Waals surface area contributed by atoms with E-state index in [-0.39, 0.29) is 29.5 Å². The first-order valence-corrected chi connectivity index (χ1v) is 11.9. The summed E-state index contributed by atoms with van der Waals surface area (Å²) in [6, 6.07) is 9.00. The van der Waals surface area contributed by atoms with Gasteiger partial charge >= 0.3 is 6.09 Å². The number of piperidine rings is 3. The highest BCUT2D eigenvalue weighted by Gasteiger charge is 2.42. The molecule has 6 heteroatoms. The van der Waals surface area contributed by atoms with Crippen molar-refractivity contribution in [1.82, 2.24) is 10.2 Å². The highest BCUT2D eigenvalue weighted by Crippen LogP contribution is 2.47. The molecule has 3 saturated heterocycles. The van der Waals surface area contributed by atoms with Crippen LogP contribution in [0.2, 0.25) is 0 Å². The molecule has 3 heterocycles. The number of aryl methyl sites for hydroxylation is 1. The van der Waals surface area contributed by atoms with Crippen LogP contribution in [0.1, 0.15) is 49.4 Å². The van der Waals surface area contributed by atoms with E-state index in [1.54, 1.807) is 12.1 Å². The second-order valence-corrected chi connectivity index (χ2v) is 10.5. The Labute approximate surface area is 195 Å². The summed E-state index contributed by atoms with van der Waals surface area (Å²) in [5, 5.41) is 3.17. The zero-order chi connectivity index (χ0) is 23.3. The van der Waals surface area contributed by atoms with Gasteiger partial charge in [-0.1, -0.05) is 26.0 Å². The van der Waals surface area contributed by atoms with Gasteiger partial charge in [0, 0.05) is 18.2 Å². The summed E-state index contributed by atoms with van der Waals surface area (Å²) >= 11 is 0. The third-order valence-corrected chi connectivity index (χ3v) is 7.81. The van der Waals surface area contributed by atoms with E-state index in [9.17, 15) is 9.18 Å². The van der Waals surface area contributed by atoms with Crippen LogP contribution in [0, 0.1) is 24.1 Å². The van der Waals surface area contributed by atoms with Crippen LogP contribution in [-0.4, -0.2) is 43.8 Å². The molecule has 0 saturated carbocycles. The molecular formula is C27H33FN2O3. The van der Waals surface area contributed by atoms with Gasteiger partial charge in [0.1, 0.15) is 17.7 Å². The third kappa shape index (κ3) is 4.10. The molecule has 2 aromatic rings. The van der Waals surface area contributed by atoms with Gasteiger partial charge in [-0.3, -0.25) is 4.90 Å². The summed E-state index contributed by atoms with van der Waals surface area (Å²) in [6.45, 7) is 9.40. The van der Waals surface area contributed by atoms with Gasteiger partial charge in [-0.25, -0.2) is 9.18 Å². The van der Waals surface area contributed by atoms with Crippen molar-refractivity contribution in [3.8, 4) is 16.9 Å². The fourth-order valence-electron chi connectivity index (χ4n) is 5.95. The van der Waals surface area contributed by atoms with E-state index in [0.717, 1.165) is 61.2 Å². The lowest BCUT2D eigenvalue weighted by atomic mass is 9.85. The minimum absolute atomic E-state index is 0.0151. The van der Waals surface area contributed by atoms with Crippen LogP contribution in [0.25, 0.3) is 11.1 Å². The van der Waals surface area contributed by atoms with Crippen LogP contribution in [0.5, 0.6) is 5.75 Å². The molecule has 1 aliphatic carbocycles. The van der Waals surface area contributed by atoms with Gasteiger partial charge in [-0.15, -0.1) is 0 Å². The zero-order valence-corrected chi connectivity index (χ0v) is 19.9. The molecule has 0 aromatic heterocycles. The van der Waals surface area contributed by atoms with Crippen molar-refractivity contribution >= 4 is 6.09 Å². The predicted octanol–water partition coefficient (Wildman–Crippen LogP) is 5.25. The summed E-state index contributed by atoms with van der Waals surface area (Å²) in [6.07, 6.45) is 2.68. The molecule has 6 rings (SSSR count). The Morgan fingerprint density at radius 3 is 2.55 bits per heavy atom. The lowest BCUT2D eigenvalue weighted by molar-refractivity contribution is -0.0348. The molecule has 5 nitrogen and oxygen atoms in total. The average Bonchev–Trinajstić information content (AvgIpc) is 3.03. The number of fused-ring (bicyclic) bond motifs is 4. The molecule has 2 bridgehead atoms. The number of carbonyl (C=O) groups excluding carboxylic acids is 1. The number of methoxy groups -OCH3 is 1. The lowest BCUT2D eigenvalue weighted by Gasteiger charge is -2.44. The number of amides is 1. The van der Waals surface area contributed by atoms with Crippen molar-refractivity contribution in [3.63, 3.8) is 0 Å². The summed E-state index contributed by atoms with van der Waals surface area (Å²) in [5.41, 5.74) is 4.49. The number of alkyl carbamates (subject to hydrolysis) is 1. The van der Waals surface area contributed by atoms with Crippen LogP contribution in [0.4, 0.5) is 9.18 Å². The van der Waals surface area contributed by atoms with Crippen molar-refractivity contribution in [2.45, 2.75) is 52.2 Å². The summed E-state index contributed by atoms with van der Waals surface area (Å²) in [4.78, 5) is 15.3. The molecule has 0 unspecified atom stereocenters. The monoisotopic (exact) mass is 452 g/mol. The Balaban J connectivity index is 1.38. The van der Waals surface area contributed by atoms with Crippen molar-refractivity contribution in [2.75, 3.05) is 26.7 Å². The normalized spacial score (nSPS) is 27.2. The number of nitrogens with zero attached hydrogens (tertiary/aromatic N) is 1. The second kappa shape index (κ2) is 8.32. The smallest absolute Gasteiger partial charge is 0.407 e. The minimum Gasteiger partial charge on any atom is -0.497 e. The van der Waals surface area contributed by atoms with Gasteiger partial charge < -0.3 is 14.8 Å². The maximum absolute atomic E-state index is 14.8. The Morgan fingerprint density at radius 1 is 1.15 bits per heavy atom. The first-order chi connectivity index (χ1) is 15.7. The molecule has 1 N–H and O–H groups in total. The van der Waals surface area contributed by atoms with E-state index in [4.69, 9.17) is 9.47 Å². The molecule has 2 atom stereocenters. The first-order valence-electron chi connectivity index (χ1n) is 11.9. The number of hydrogen-bond donors (Lipinski definition) is 1. The van der Waals surface area contributed by atoms with E-state index >= 15 is 0 Å². The van der Waals surface area contributed by atoms with Crippen molar-refractivity contribution < 1.29 is 18.7 Å². The van der Waals surface area contributed by atoms with Gasteiger partial charge in [-0.2, -0.15) is 0 Å². The number of carbonyl (C=O) groups is 1. The molecule has 1 amide bonds. The van der Waals surface area contributed by atoms with Crippen LogP contribution in [0.15, 0.2) is 30.3 Å². The SMILES string of the molecule is COc1ccc(-c2cc3c(cc2C)[C@H](NC(=O)O[C@H]2CN4CCC2CC4)C(C)(C)C3)c(F)c1. The van der Waals surface area contributed by atoms with Crippen LogP contribution < -0.4 is 10.1 Å². The van der Waals surface area contributed by atoms with Crippen molar-refractivity contribution in [3.05, 3.63) is 52.8 Å². The molecule has 3 fully saturated rings. The fraction of sp³-hybridized carbons (Fsp3) is 0.519. The number of benzene rings is 2. The summed E-state index contributed by atoms with van der Waals surface area (Å²) < 4.78 is 25.8. The van der Waals surface area contributed by atoms with Gasteiger partial charge in [0.2, 0.25) is 0 Å². The third-order valence-electron chi connectivity index (χ3n) is 7.81. The first kappa shape index (κ1) is 22.2. The highest BCUT2D eigenvalue weighted by molar-refractivity contribution is 5.72. The number of rotatable bonds is 4.